The van der Waals surface area contributed by atoms with Crippen molar-refractivity contribution in [1.82, 2.24) is 10.2 Å². The van der Waals surface area contributed by atoms with Gasteiger partial charge in [0.15, 0.2) is 0 Å². The summed E-state index contributed by atoms with van der Waals surface area (Å²) in [7, 11) is 0. The molecule has 3 rings (SSSR count). The zero-order valence-corrected chi connectivity index (χ0v) is 21.2. The molecule has 1 aromatic carbocycles. The molecule has 0 saturated carbocycles. The molecule has 1 atom stereocenters. The van der Waals surface area contributed by atoms with E-state index in [1.54, 1.807) is 6.07 Å². The molecule has 0 fully saturated rings. The number of halogens is 1. The lowest BCUT2D eigenvalue weighted by atomic mass is 9.94. The molecule has 2 aliphatic rings. The summed E-state index contributed by atoms with van der Waals surface area (Å²) in [6.45, 7) is 9.94. The molecule has 3 N–H and O–H groups in total. The minimum Gasteiger partial charge on any atom is -0.508 e. The summed E-state index contributed by atoms with van der Waals surface area (Å²) in [5.74, 6) is 1.27. The molecule has 0 saturated heterocycles. The first-order valence-corrected chi connectivity index (χ1v) is 12.7. The van der Waals surface area contributed by atoms with Crippen LogP contribution >= 0.6 is 0 Å². The molecule has 0 aromatic heterocycles. The van der Waals surface area contributed by atoms with Gasteiger partial charge in [-0.2, -0.15) is 0 Å². The number of aliphatic hydroxyl groups excluding tert-OH is 1. The van der Waals surface area contributed by atoms with Gasteiger partial charge < -0.3 is 20.4 Å². The number of aryl methyl sites for hydroxylation is 1. The summed E-state index contributed by atoms with van der Waals surface area (Å²) in [4.78, 5) is 6.93. The van der Waals surface area contributed by atoms with Gasteiger partial charge in [-0.25, -0.2) is 4.99 Å². The Morgan fingerprint density at radius 2 is 1.91 bits per heavy atom. The van der Waals surface area contributed by atoms with Gasteiger partial charge in [-0.15, -0.1) is 13.2 Å². The van der Waals surface area contributed by atoms with Crippen LogP contribution in [0.15, 0.2) is 72.0 Å². The fraction of sp³-hybridized carbons (Fsp3) is 0.483. The number of fused-ring (bicyclic) bond motifs is 1. The number of benzene rings is 1. The van der Waals surface area contributed by atoms with Crippen LogP contribution < -0.4 is 5.32 Å². The van der Waals surface area contributed by atoms with Crippen LogP contribution in [0.25, 0.3) is 0 Å². The predicted molar refractivity (Wildman–Crippen MR) is 144 cm³/mol. The number of alkyl halides is 1. The molecular weight excluding hydrogens is 441 g/mol. The Balaban J connectivity index is 0.00000210. The van der Waals surface area contributed by atoms with E-state index in [-0.39, 0.29) is 19.2 Å². The highest BCUT2D eigenvalue weighted by Crippen LogP contribution is 2.24. The van der Waals surface area contributed by atoms with Crippen LogP contribution in [0, 0.1) is 5.92 Å². The number of allylic oxidation sites excluding steroid dienone is 2. The molecule has 2 aliphatic heterocycles. The first kappa shape index (κ1) is 28.5. The lowest BCUT2D eigenvalue weighted by Crippen LogP contribution is -2.32. The number of aliphatic imine (C=N–C) groups is 1. The number of nitrogens with one attached hydrogen (secondary N) is 1. The summed E-state index contributed by atoms with van der Waals surface area (Å²) < 4.78 is 12.7. The van der Waals surface area contributed by atoms with Gasteiger partial charge in [-0.3, -0.25) is 4.39 Å². The zero-order valence-electron chi connectivity index (χ0n) is 21.2. The van der Waals surface area contributed by atoms with Crippen molar-refractivity contribution in [2.24, 2.45) is 10.9 Å². The molecule has 35 heavy (non-hydrogen) atoms. The third kappa shape index (κ3) is 9.82. The maximum atomic E-state index is 12.7. The average Bonchev–Trinajstić information content (AvgIpc) is 2.88. The van der Waals surface area contributed by atoms with Gasteiger partial charge in [0, 0.05) is 32.4 Å². The molecule has 0 amide bonds. The second kappa shape index (κ2) is 16.1. The maximum Gasteiger partial charge on any atom is 0.133 e. The van der Waals surface area contributed by atoms with E-state index in [0.717, 1.165) is 63.0 Å². The van der Waals surface area contributed by atoms with Crippen LogP contribution in [0.1, 0.15) is 50.2 Å². The Hall–Kier alpha value is -2.70. The first-order chi connectivity index (χ1) is 17.1. The molecule has 192 valence electrons. The first-order valence-electron chi connectivity index (χ1n) is 12.7. The number of amidine groups is 1. The van der Waals surface area contributed by atoms with E-state index in [9.17, 15) is 9.50 Å². The molecular formula is C29H42FN3O2. The number of hydrogen-bond acceptors (Lipinski definition) is 5. The number of rotatable bonds is 14. The zero-order chi connectivity index (χ0) is 25.5. The van der Waals surface area contributed by atoms with E-state index in [1.165, 1.54) is 16.7 Å². The van der Waals surface area contributed by atoms with Crippen LogP contribution in [-0.4, -0.2) is 53.9 Å². The third-order valence-electron chi connectivity index (χ3n) is 6.11. The van der Waals surface area contributed by atoms with E-state index in [1.807, 2.05) is 19.1 Å². The summed E-state index contributed by atoms with van der Waals surface area (Å²) in [5.41, 5.74) is 4.62. The van der Waals surface area contributed by atoms with E-state index in [2.05, 4.69) is 47.8 Å². The summed E-state index contributed by atoms with van der Waals surface area (Å²) in [5, 5.41) is 22.2. The van der Waals surface area contributed by atoms with Gasteiger partial charge >= 0.3 is 0 Å². The number of unbranched alkanes of at least 4 members (excludes halogenated alkanes) is 4. The normalized spacial score (nSPS) is 15.4. The van der Waals surface area contributed by atoms with Crippen molar-refractivity contribution in [2.75, 3.05) is 32.9 Å². The molecule has 5 nitrogen and oxygen atoms in total. The van der Waals surface area contributed by atoms with Gasteiger partial charge in [-0.05, 0) is 78.7 Å². The Morgan fingerprint density at radius 1 is 1.14 bits per heavy atom. The fourth-order valence-electron chi connectivity index (χ4n) is 4.12. The largest absolute Gasteiger partial charge is 0.508 e. The van der Waals surface area contributed by atoms with Gasteiger partial charge in [0.1, 0.15) is 11.6 Å². The lowest BCUT2D eigenvalue weighted by molar-refractivity contribution is 0.282. The van der Waals surface area contributed by atoms with Crippen molar-refractivity contribution in [1.29, 1.82) is 0 Å². The predicted octanol–water partition coefficient (Wildman–Crippen LogP) is 5.47. The second-order valence-corrected chi connectivity index (χ2v) is 9.11. The number of aliphatic hydroxyl groups is 1. The van der Waals surface area contributed by atoms with Crippen LogP contribution in [-0.2, 0) is 12.8 Å². The van der Waals surface area contributed by atoms with E-state index >= 15 is 0 Å². The lowest BCUT2D eigenvalue weighted by Gasteiger charge is -2.27. The second-order valence-electron chi connectivity index (χ2n) is 9.11. The Bertz CT molecular complexity index is 907. The molecule has 1 aromatic rings. The summed E-state index contributed by atoms with van der Waals surface area (Å²) >= 11 is 0. The molecule has 0 radical (unpaired) electrons. The quantitative estimate of drug-likeness (QED) is 0.242. The molecule has 6 heteroatoms. The molecule has 0 bridgehead atoms. The van der Waals surface area contributed by atoms with Crippen molar-refractivity contribution in [3.8, 4) is 5.75 Å². The van der Waals surface area contributed by atoms with E-state index in [4.69, 9.17) is 10.1 Å². The number of nitrogens with zero attached hydrogens (tertiary/aromatic N) is 2. The fourth-order valence-corrected chi connectivity index (χ4v) is 4.12. The molecule has 0 spiro atoms. The number of phenols is 1. The highest BCUT2D eigenvalue weighted by molar-refractivity contribution is 5.97. The van der Waals surface area contributed by atoms with Crippen molar-refractivity contribution in [3.05, 3.63) is 78.2 Å². The maximum absolute atomic E-state index is 12.7. The van der Waals surface area contributed by atoms with Gasteiger partial charge in [0.05, 0.1) is 12.4 Å². The van der Waals surface area contributed by atoms with Crippen LogP contribution in [0.4, 0.5) is 4.39 Å². The van der Waals surface area contributed by atoms with E-state index < -0.39 is 0 Å². The minimum atomic E-state index is -0.311. The molecule has 0 aliphatic carbocycles. The highest BCUT2D eigenvalue weighted by atomic mass is 19.1. The van der Waals surface area contributed by atoms with E-state index in [0.29, 0.717) is 18.8 Å². The molecule has 1 unspecified atom stereocenters. The average molecular weight is 484 g/mol. The minimum absolute atomic E-state index is 0.0162. The van der Waals surface area contributed by atoms with Gasteiger partial charge in [-0.1, -0.05) is 32.3 Å². The summed E-state index contributed by atoms with van der Waals surface area (Å²) in [6.07, 6.45) is 15.5. The van der Waals surface area contributed by atoms with Crippen LogP contribution in [0.3, 0.4) is 0 Å². The molecule has 2 heterocycles. The van der Waals surface area contributed by atoms with Crippen LogP contribution in [0.2, 0.25) is 0 Å². The number of phenolic OH excluding ortho intramolecular Hbond substituents is 1. The van der Waals surface area contributed by atoms with Gasteiger partial charge in [0.25, 0.3) is 0 Å². The van der Waals surface area contributed by atoms with Gasteiger partial charge in [0.2, 0.25) is 0 Å². The summed E-state index contributed by atoms with van der Waals surface area (Å²) in [6, 6.07) is 5.69. The third-order valence-corrected chi connectivity index (χ3v) is 6.11. The number of aromatic hydroxyl groups is 1. The van der Waals surface area contributed by atoms with Crippen LogP contribution in [0.5, 0.6) is 5.75 Å². The monoisotopic (exact) mass is 483 g/mol. The van der Waals surface area contributed by atoms with Crippen molar-refractivity contribution < 1.29 is 14.6 Å². The Morgan fingerprint density at radius 3 is 2.69 bits per heavy atom. The smallest absolute Gasteiger partial charge is 0.133 e. The van der Waals surface area contributed by atoms with Crippen molar-refractivity contribution in [2.45, 2.75) is 51.9 Å². The Kier molecular flexibility index (Phi) is 13.1. The van der Waals surface area contributed by atoms with Crippen molar-refractivity contribution in [3.63, 3.8) is 0 Å². The number of hydrogen-bond donors (Lipinski definition) is 3. The SMILES string of the molecule is C=C.CC(CF)CNCC1=CCN2C=CC(Cc3ccc(O)cc3CCCCCCCO)=CC2=N1. The van der Waals surface area contributed by atoms with Crippen molar-refractivity contribution >= 4 is 5.84 Å². The highest BCUT2D eigenvalue weighted by Gasteiger charge is 2.17. The standard InChI is InChI=1S/C27H38FN3O2.C2H4/c1-21(18-28)19-29-20-25-11-13-31-12-10-22(16-27(31)30-25)15-24-8-9-26(33)17-23(24)7-5-3-2-4-6-14-32;1-2/h8-12,16-17,21,29,32-33H,2-7,13-15,18-20H2,1H3;1-2H2. The topological polar surface area (TPSA) is 68.1 Å². The Labute approximate surface area is 210 Å².